The van der Waals surface area contributed by atoms with Gasteiger partial charge in [0.25, 0.3) is 0 Å². The van der Waals surface area contributed by atoms with E-state index in [2.05, 4.69) is 11.6 Å². The zero-order valence-electron chi connectivity index (χ0n) is 11.1. The fourth-order valence-electron chi connectivity index (χ4n) is 1.90. The molecule has 0 saturated heterocycles. The second-order valence-electron chi connectivity index (χ2n) is 4.61. The van der Waals surface area contributed by atoms with Crippen LogP contribution in [-0.4, -0.2) is 26.6 Å². The van der Waals surface area contributed by atoms with Crippen LogP contribution in [0, 0.1) is 0 Å². The van der Waals surface area contributed by atoms with Gasteiger partial charge in [-0.3, -0.25) is 9.36 Å². The fourth-order valence-corrected chi connectivity index (χ4v) is 1.90. The van der Waals surface area contributed by atoms with E-state index in [-0.39, 0.29) is 11.7 Å². The van der Waals surface area contributed by atoms with Gasteiger partial charge in [-0.25, -0.2) is 4.98 Å². The fraction of sp³-hybridized carbons (Fsp3) is 0.200. The summed E-state index contributed by atoms with van der Waals surface area (Å²) in [5, 5.41) is 9.25. The van der Waals surface area contributed by atoms with Gasteiger partial charge >= 0.3 is 0 Å². The summed E-state index contributed by atoms with van der Waals surface area (Å²) in [7, 11) is 0. The molecule has 1 aromatic carbocycles. The Labute approximate surface area is 117 Å². The van der Waals surface area contributed by atoms with Gasteiger partial charge in [0, 0.05) is 18.3 Å². The Bertz CT molecular complexity index is 605. The number of aromatic nitrogens is 2. The average Bonchev–Trinajstić information content (AvgIpc) is 2.88. The molecule has 0 spiro atoms. The minimum atomic E-state index is -0.602. The van der Waals surface area contributed by atoms with Crippen molar-refractivity contribution in [2.24, 2.45) is 5.73 Å². The first-order valence-corrected chi connectivity index (χ1v) is 6.29. The molecule has 0 radical (unpaired) electrons. The summed E-state index contributed by atoms with van der Waals surface area (Å²) in [5.74, 6) is -0.187. The van der Waals surface area contributed by atoms with Gasteiger partial charge in [-0.05, 0) is 5.56 Å². The molecular weight excluding hydrogens is 254 g/mol. The van der Waals surface area contributed by atoms with Crippen molar-refractivity contribution in [1.29, 1.82) is 0 Å². The summed E-state index contributed by atoms with van der Waals surface area (Å²) in [6.07, 6.45) is 3.65. The van der Waals surface area contributed by atoms with Crippen LogP contribution in [0.15, 0.2) is 55.2 Å². The summed E-state index contributed by atoms with van der Waals surface area (Å²) in [4.78, 5) is 16.2. The predicted molar refractivity (Wildman–Crippen MR) is 76.4 cm³/mol. The molecule has 0 saturated carbocycles. The lowest BCUT2D eigenvalue weighted by Crippen LogP contribution is -2.27. The van der Waals surface area contributed by atoms with E-state index in [9.17, 15) is 9.90 Å². The Morgan fingerprint density at radius 1 is 1.40 bits per heavy atom. The van der Waals surface area contributed by atoms with Crippen LogP contribution < -0.4 is 5.73 Å². The normalized spacial score (nSPS) is 12.1. The molecule has 1 aromatic heterocycles. The van der Waals surface area contributed by atoms with Gasteiger partial charge in [-0.1, -0.05) is 36.9 Å². The average molecular weight is 271 g/mol. The van der Waals surface area contributed by atoms with Gasteiger partial charge in [-0.2, -0.15) is 0 Å². The van der Waals surface area contributed by atoms with Crippen LogP contribution >= 0.6 is 0 Å². The van der Waals surface area contributed by atoms with Crippen LogP contribution in [0.3, 0.4) is 0 Å². The number of rotatable bonds is 5. The molecule has 0 bridgehead atoms. The molecule has 0 unspecified atom stereocenters. The van der Waals surface area contributed by atoms with Crippen LogP contribution in [0.2, 0.25) is 0 Å². The highest BCUT2D eigenvalue weighted by Gasteiger charge is 2.15. The number of aliphatic hydroxyl groups is 1. The molecule has 20 heavy (non-hydrogen) atoms. The van der Waals surface area contributed by atoms with Crippen molar-refractivity contribution in [2.45, 2.75) is 18.9 Å². The van der Waals surface area contributed by atoms with E-state index in [1.54, 1.807) is 6.20 Å². The first-order chi connectivity index (χ1) is 9.58. The molecule has 0 amide bonds. The van der Waals surface area contributed by atoms with Crippen LogP contribution in [-0.2, 0) is 12.8 Å². The van der Waals surface area contributed by atoms with E-state index in [0.717, 1.165) is 5.56 Å². The lowest BCUT2D eigenvalue weighted by atomic mass is 10.1. The topological polar surface area (TPSA) is 81.1 Å². The molecule has 2 aromatic rings. The third kappa shape index (κ3) is 3.33. The Balaban J connectivity index is 2.11. The molecule has 5 heteroatoms. The number of carbonyl (C=O) groups is 1. The summed E-state index contributed by atoms with van der Waals surface area (Å²) < 4.78 is 1.47. The van der Waals surface area contributed by atoms with Crippen molar-refractivity contribution in [3.63, 3.8) is 0 Å². The molecular formula is C15H17N3O2. The van der Waals surface area contributed by atoms with Crippen molar-refractivity contribution < 1.29 is 9.90 Å². The second-order valence-corrected chi connectivity index (χ2v) is 4.61. The molecule has 0 aliphatic heterocycles. The molecule has 0 aliphatic carbocycles. The first-order valence-electron chi connectivity index (χ1n) is 6.29. The molecule has 0 fully saturated rings. The Kier molecular flexibility index (Phi) is 4.32. The van der Waals surface area contributed by atoms with E-state index < -0.39 is 6.04 Å². The highest BCUT2D eigenvalue weighted by Crippen LogP contribution is 2.08. The smallest absolute Gasteiger partial charge is 0.236 e. The molecule has 3 N–H and O–H groups in total. The summed E-state index contributed by atoms with van der Waals surface area (Å²) >= 11 is 0. The van der Waals surface area contributed by atoms with Gasteiger partial charge in [0.1, 0.15) is 12.1 Å². The van der Waals surface area contributed by atoms with E-state index in [1.807, 2.05) is 30.3 Å². The standard InChI is InChI=1S/C15H17N3O2/c1-11(19)14(16)8-13-9-17-10-18(13)15(20)7-12-5-3-2-4-6-12/h2-6,9-10,14,19H,1,7-8,16H2/t14-/m0/s1. The number of hydrogen-bond acceptors (Lipinski definition) is 4. The summed E-state index contributed by atoms with van der Waals surface area (Å²) in [6, 6.07) is 8.88. The van der Waals surface area contributed by atoms with Crippen molar-refractivity contribution in [1.82, 2.24) is 9.55 Å². The maximum atomic E-state index is 12.2. The summed E-state index contributed by atoms with van der Waals surface area (Å²) in [6.45, 7) is 3.39. The third-order valence-corrected chi connectivity index (χ3v) is 3.04. The molecule has 1 atom stereocenters. The van der Waals surface area contributed by atoms with Crippen molar-refractivity contribution in [3.05, 3.63) is 66.5 Å². The van der Waals surface area contributed by atoms with Crippen LogP contribution in [0.4, 0.5) is 0 Å². The Hall–Kier alpha value is -2.40. The molecule has 5 nitrogen and oxygen atoms in total. The number of carbonyl (C=O) groups excluding carboxylic acids is 1. The number of benzene rings is 1. The van der Waals surface area contributed by atoms with Gasteiger partial charge in [-0.15, -0.1) is 0 Å². The van der Waals surface area contributed by atoms with E-state index >= 15 is 0 Å². The van der Waals surface area contributed by atoms with E-state index in [4.69, 9.17) is 5.73 Å². The second kappa shape index (κ2) is 6.16. The number of nitrogens with two attached hydrogens (primary N) is 1. The van der Waals surface area contributed by atoms with Crippen molar-refractivity contribution in [3.8, 4) is 0 Å². The monoisotopic (exact) mass is 271 g/mol. The maximum absolute atomic E-state index is 12.2. The minimum absolute atomic E-state index is 0.0838. The minimum Gasteiger partial charge on any atom is -0.511 e. The van der Waals surface area contributed by atoms with Gasteiger partial charge in [0.05, 0.1) is 12.5 Å². The van der Waals surface area contributed by atoms with Crippen LogP contribution in [0.5, 0.6) is 0 Å². The molecule has 0 aliphatic rings. The molecule has 104 valence electrons. The number of imidazole rings is 1. The first kappa shape index (κ1) is 14.0. The van der Waals surface area contributed by atoms with Gasteiger partial charge in [0.15, 0.2) is 0 Å². The zero-order valence-corrected chi connectivity index (χ0v) is 11.1. The third-order valence-electron chi connectivity index (χ3n) is 3.04. The largest absolute Gasteiger partial charge is 0.511 e. The highest BCUT2D eigenvalue weighted by atomic mass is 16.3. The zero-order chi connectivity index (χ0) is 14.5. The molecule has 1 heterocycles. The predicted octanol–water partition coefficient (Wildman–Crippen LogP) is 1.71. The van der Waals surface area contributed by atoms with Gasteiger partial charge < -0.3 is 10.8 Å². The van der Waals surface area contributed by atoms with Crippen LogP contribution in [0.1, 0.15) is 16.1 Å². The number of nitrogens with zero attached hydrogens (tertiary/aromatic N) is 2. The number of aliphatic hydroxyl groups excluding tert-OH is 1. The SMILES string of the molecule is C=C(O)[C@@H](N)Cc1cncn1C(=O)Cc1ccccc1. The Morgan fingerprint density at radius 2 is 2.10 bits per heavy atom. The van der Waals surface area contributed by atoms with E-state index in [1.165, 1.54) is 10.9 Å². The number of hydrogen-bond donors (Lipinski definition) is 2. The van der Waals surface area contributed by atoms with Crippen molar-refractivity contribution in [2.75, 3.05) is 0 Å². The summed E-state index contributed by atoms with van der Waals surface area (Å²) in [5.41, 5.74) is 7.33. The Morgan fingerprint density at radius 3 is 2.75 bits per heavy atom. The van der Waals surface area contributed by atoms with Gasteiger partial charge in [0.2, 0.25) is 5.91 Å². The van der Waals surface area contributed by atoms with Crippen molar-refractivity contribution >= 4 is 5.91 Å². The maximum Gasteiger partial charge on any atom is 0.236 e. The quantitative estimate of drug-likeness (QED) is 0.811. The van der Waals surface area contributed by atoms with Crippen LogP contribution in [0.25, 0.3) is 0 Å². The lowest BCUT2D eigenvalue weighted by molar-refractivity contribution is 0.0910. The highest BCUT2D eigenvalue weighted by molar-refractivity contribution is 5.81. The molecule has 2 rings (SSSR count). The lowest BCUT2D eigenvalue weighted by Gasteiger charge is -2.11. The van der Waals surface area contributed by atoms with E-state index in [0.29, 0.717) is 18.5 Å².